The molecule has 8 heteroatoms. The summed E-state index contributed by atoms with van der Waals surface area (Å²) in [6, 6.07) is 14.2. The van der Waals surface area contributed by atoms with Crippen LogP contribution in [0.2, 0.25) is 0 Å². The number of rotatable bonds is 6. The van der Waals surface area contributed by atoms with E-state index in [0.29, 0.717) is 16.9 Å². The molecule has 0 aliphatic heterocycles. The fraction of sp³-hybridized carbons (Fsp3) is 0.211. The Balaban J connectivity index is 1.62. The molecule has 0 bridgehead atoms. The third-order valence-corrected chi connectivity index (χ3v) is 3.98. The van der Waals surface area contributed by atoms with Gasteiger partial charge in [-0.3, -0.25) is 4.79 Å². The van der Waals surface area contributed by atoms with Crippen LogP contribution in [0.3, 0.4) is 0 Å². The molecule has 0 radical (unpaired) electrons. The van der Waals surface area contributed by atoms with Gasteiger partial charge < -0.3 is 10.1 Å². The third-order valence-electron chi connectivity index (χ3n) is 3.98. The van der Waals surface area contributed by atoms with E-state index in [4.69, 9.17) is 4.74 Å². The summed E-state index contributed by atoms with van der Waals surface area (Å²) in [5.74, 6) is -1.00. The minimum Gasteiger partial charge on any atom is -0.449 e. The first-order chi connectivity index (χ1) is 13.1. The number of nitrogens with one attached hydrogen (secondary N) is 1. The van der Waals surface area contributed by atoms with E-state index in [1.165, 1.54) is 23.5 Å². The van der Waals surface area contributed by atoms with Gasteiger partial charge in [-0.2, -0.15) is 0 Å². The molecule has 0 aliphatic rings. The highest BCUT2D eigenvalue weighted by Gasteiger charge is 2.19. The lowest BCUT2D eigenvalue weighted by atomic mass is 10.1. The summed E-state index contributed by atoms with van der Waals surface area (Å²) < 4.78 is 6.70. The molecule has 1 N–H and O–H groups in total. The summed E-state index contributed by atoms with van der Waals surface area (Å²) in [5.41, 5.74) is 2.74. The largest absolute Gasteiger partial charge is 0.449 e. The van der Waals surface area contributed by atoms with Crippen LogP contribution in [0.15, 0.2) is 54.9 Å². The Hall–Kier alpha value is -3.55. The van der Waals surface area contributed by atoms with Crippen LogP contribution < -0.4 is 5.32 Å². The second-order valence-corrected chi connectivity index (χ2v) is 5.89. The van der Waals surface area contributed by atoms with E-state index in [2.05, 4.69) is 27.8 Å². The Labute approximate surface area is 156 Å². The van der Waals surface area contributed by atoms with Crippen molar-refractivity contribution in [1.29, 1.82) is 0 Å². The molecule has 0 saturated carbocycles. The molecule has 0 aliphatic carbocycles. The normalized spacial score (nSPS) is 11.6. The Morgan fingerprint density at radius 2 is 1.96 bits per heavy atom. The summed E-state index contributed by atoms with van der Waals surface area (Å²) in [4.78, 5) is 24.6. The van der Waals surface area contributed by atoms with Crippen molar-refractivity contribution >= 4 is 17.6 Å². The van der Waals surface area contributed by atoms with E-state index in [1.807, 2.05) is 24.3 Å². The molecule has 138 valence electrons. The minimum absolute atomic E-state index is 0.301. The van der Waals surface area contributed by atoms with Crippen molar-refractivity contribution in [2.75, 3.05) is 5.32 Å². The van der Waals surface area contributed by atoms with Gasteiger partial charge in [0.25, 0.3) is 5.91 Å². The van der Waals surface area contributed by atoms with Crippen molar-refractivity contribution in [1.82, 2.24) is 20.2 Å². The van der Waals surface area contributed by atoms with Crippen molar-refractivity contribution in [3.05, 3.63) is 66.0 Å². The van der Waals surface area contributed by atoms with Gasteiger partial charge in [-0.15, -0.1) is 5.10 Å². The maximum Gasteiger partial charge on any atom is 0.338 e. The molecule has 8 nitrogen and oxygen atoms in total. The maximum atomic E-state index is 12.4. The van der Waals surface area contributed by atoms with Crippen molar-refractivity contribution in [2.45, 2.75) is 26.4 Å². The molecule has 1 unspecified atom stereocenters. The Kier molecular flexibility index (Phi) is 5.55. The number of aryl methyl sites for hydroxylation is 1. The SMILES string of the molecule is CCc1ccc(NC(=O)C(C)OC(=O)c2cccc(-n3cnnn3)c2)cc1. The molecule has 1 amide bonds. The molecule has 1 atom stereocenters. The third kappa shape index (κ3) is 4.55. The average molecular weight is 365 g/mol. The van der Waals surface area contributed by atoms with Gasteiger partial charge in [-0.25, -0.2) is 9.48 Å². The van der Waals surface area contributed by atoms with Crippen LogP contribution >= 0.6 is 0 Å². The van der Waals surface area contributed by atoms with E-state index < -0.39 is 18.0 Å². The van der Waals surface area contributed by atoms with Gasteiger partial charge in [0.15, 0.2) is 6.10 Å². The first-order valence-electron chi connectivity index (χ1n) is 8.51. The standard InChI is InChI=1S/C19H19N5O3/c1-3-14-7-9-16(10-8-14)21-18(25)13(2)27-19(26)15-5-4-6-17(11-15)24-12-20-22-23-24/h4-13H,3H2,1-2H3,(H,21,25). The first kappa shape index (κ1) is 18.2. The lowest BCUT2D eigenvalue weighted by Crippen LogP contribution is -2.30. The molecule has 3 aromatic rings. The van der Waals surface area contributed by atoms with Gasteiger partial charge in [0, 0.05) is 5.69 Å². The van der Waals surface area contributed by atoms with Gasteiger partial charge in [0.2, 0.25) is 0 Å². The minimum atomic E-state index is -0.944. The second kappa shape index (κ2) is 8.22. The van der Waals surface area contributed by atoms with Crippen molar-refractivity contribution in [3.8, 4) is 5.69 Å². The van der Waals surface area contributed by atoms with Crippen LogP contribution in [-0.4, -0.2) is 38.2 Å². The van der Waals surface area contributed by atoms with Crippen LogP contribution in [0, 0.1) is 0 Å². The molecule has 0 fully saturated rings. The van der Waals surface area contributed by atoms with Crippen LogP contribution in [0.4, 0.5) is 5.69 Å². The summed E-state index contributed by atoms with van der Waals surface area (Å²) in [6.45, 7) is 3.59. The van der Waals surface area contributed by atoms with E-state index in [9.17, 15) is 9.59 Å². The van der Waals surface area contributed by atoms with Gasteiger partial charge in [0.05, 0.1) is 11.3 Å². The number of aromatic nitrogens is 4. The van der Waals surface area contributed by atoms with E-state index in [0.717, 1.165) is 6.42 Å². The van der Waals surface area contributed by atoms with Gasteiger partial charge >= 0.3 is 5.97 Å². The van der Waals surface area contributed by atoms with Gasteiger partial charge in [0.1, 0.15) is 6.33 Å². The summed E-state index contributed by atoms with van der Waals surface area (Å²) in [5, 5.41) is 13.6. The number of carbonyl (C=O) groups is 2. The lowest BCUT2D eigenvalue weighted by Gasteiger charge is -2.14. The highest BCUT2D eigenvalue weighted by atomic mass is 16.5. The topological polar surface area (TPSA) is 99.0 Å². The number of hydrogen-bond donors (Lipinski definition) is 1. The molecule has 0 spiro atoms. The molecular formula is C19H19N5O3. The number of benzene rings is 2. The molecule has 0 saturated heterocycles. The number of esters is 1. The van der Waals surface area contributed by atoms with Crippen molar-refractivity contribution < 1.29 is 14.3 Å². The number of anilines is 1. The summed E-state index contributed by atoms with van der Waals surface area (Å²) in [6.07, 6.45) is 1.40. The number of hydrogen-bond acceptors (Lipinski definition) is 6. The fourth-order valence-electron chi connectivity index (χ4n) is 2.40. The Morgan fingerprint density at radius 3 is 2.63 bits per heavy atom. The smallest absolute Gasteiger partial charge is 0.338 e. The zero-order valence-corrected chi connectivity index (χ0v) is 15.0. The van der Waals surface area contributed by atoms with E-state index in [-0.39, 0.29) is 0 Å². The molecule has 27 heavy (non-hydrogen) atoms. The Bertz CT molecular complexity index is 923. The second-order valence-electron chi connectivity index (χ2n) is 5.89. The summed E-state index contributed by atoms with van der Waals surface area (Å²) in [7, 11) is 0. The Morgan fingerprint density at radius 1 is 1.19 bits per heavy atom. The number of ether oxygens (including phenoxy) is 1. The van der Waals surface area contributed by atoms with Crippen molar-refractivity contribution in [2.24, 2.45) is 0 Å². The zero-order valence-electron chi connectivity index (χ0n) is 15.0. The summed E-state index contributed by atoms with van der Waals surface area (Å²) >= 11 is 0. The van der Waals surface area contributed by atoms with Gasteiger partial charge in [-0.1, -0.05) is 25.1 Å². The molecule has 1 aromatic heterocycles. The van der Waals surface area contributed by atoms with E-state index in [1.54, 1.807) is 24.3 Å². The molecule has 1 heterocycles. The number of tetrazole rings is 1. The predicted molar refractivity (Wildman–Crippen MR) is 98.5 cm³/mol. The monoisotopic (exact) mass is 365 g/mol. The molecule has 2 aromatic carbocycles. The zero-order chi connectivity index (χ0) is 19.2. The number of amides is 1. The highest BCUT2D eigenvalue weighted by molar-refractivity contribution is 5.97. The maximum absolute atomic E-state index is 12.4. The fourth-order valence-corrected chi connectivity index (χ4v) is 2.40. The van der Waals surface area contributed by atoms with E-state index >= 15 is 0 Å². The number of carbonyl (C=O) groups excluding carboxylic acids is 2. The molecule has 3 rings (SSSR count). The lowest BCUT2D eigenvalue weighted by molar-refractivity contribution is -0.123. The highest BCUT2D eigenvalue weighted by Crippen LogP contribution is 2.13. The molecular weight excluding hydrogens is 346 g/mol. The van der Waals surface area contributed by atoms with Crippen molar-refractivity contribution in [3.63, 3.8) is 0 Å². The van der Waals surface area contributed by atoms with Crippen LogP contribution in [-0.2, 0) is 16.0 Å². The van der Waals surface area contributed by atoms with Crippen LogP contribution in [0.5, 0.6) is 0 Å². The van der Waals surface area contributed by atoms with Crippen LogP contribution in [0.25, 0.3) is 5.69 Å². The quantitative estimate of drug-likeness (QED) is 0.674. The van der Waals surface area contributed by atoms with Crippen LogP contribution in [0.1, 0.15) is 29.8 Å². The predicted octanol–water partition coefficient (Wildman–Crippen LogP) is 2.41. The number of nitrogens with zero attached hydrogens (tertiary/aromatic N) is 4. The average Bonchev–Trinajstić information content (AvgIpc) is 3.23. The van der Waals surface area contributed by atoms with Gasteiger partial charge in [-0.05, 0) is 59.7 Å². The first-order valence-corrected chi connectivity index (χ1v) is 8.51.